The zero-order chi connectivity index (χ0) is 25.5. The largest absolute Gasteiger partial charge is 0.490 e. The second-order valence-electron chi connectivity index (χ2n) is 9.14. The fraction of sp³-hybridized carbons (Fsp3) is 0.444. The first-order valence-corrected chi connectivity index (χ1v) is 12.2. The van der Waals surface area contributed by atoms with Gasteiger partial charge in [0.05, 0.1) is 37.2 Å². The molecule has 4 rings (SSSR count). The number of carbonyl (C=O) groups is 3. The molecule has 1 fully saturated rings. The molecule has 0 bridgehead atoms. The van der Waals surface area contributed by atoms with Crippen molar-refractivity contribution in [2.75, 3.05) is 39.2 Å². The molecule has 0 aromatic heterocycles. The topological polar surface area (TPSA) is 106 Å². The lowest BCUT2D eigenvalue weighted by molar-refractivity contribution is -0.134. The van der Waals surface area contributed by atoms with E-state index in [0.717, 1.165) is 5.56 Å². The van der Waals surface area contributed by atoms with E-state index in [4.69, 9.17) is 14.2 Å². The van der Waals surface area contributed by atoms with Gasteiger partial charge in [-0.2, -0.15) is 0 Å². The third-order valence-corrected chi connectivity index (χ3v) is 6.54. The lowest BCUT2D eigenvalue weighted by atomic mass is 9.94. The van der Waals surface area contributed by atoms with Gasteiger partial charge < -0.3 is 29.7 Å². The van der Waals surface area contributed by atoms with Gasteiger partial charge in [0.25, 0.3) is 5.91 Å². The lowest BCUT2D eigenvalue weighted by Crippen LogP contribution is -2.54. The molecule has 0 unspecified atom stereocenters. The first-order chi connectivity index (χ1) is 17.4. The molecule has 3 atom stereocenters. The number of carbonyl (C=O) groups excluding carboxylic acids is 3. The average Bonchev–Trinajstić information content (AvgIpc) is 2.87. The number of likely N-dealkylation sites (N-methyl/N-ethyl adjacent to an activating group) is 1. The van der Waals surface area contributed by atoms with Crippen LogP contribution in [0.2, 0.25) is 0 Å². The molecular formula is C27H33N3O6. The van der Waals surface area contributed by atoms with Gasteiger partial charge in [-0.25, -0.2) is 0 Å². The maximum atomic E-state index is 13.4. The van der Waals surface area contributed by atoms with Crippen LogP contribution in [-0.4, -0.2) is 74.8 Å². The van der Waals surface area contributed by atoms with Crippen LogP contribution in [0.25, 0.3) is 0 Å². The molecule has 0 aliphatic carbocycles. The van der Waals surface area contributed by atoms with Crippen molar-refractivity contribution in [1.29, 1.82) is 0 Å². The van der Waals surface area contributed by atoms with Crippen LogP contribution in [0.3, 0.4) is 0 Å². The predicted molar refractivity (Wildman–Crippen MR) is 134 cm³/mol. The number of amides is 3. The number of methoxy groups -OCH3 is 1. The average molecular weight is 496 g/mol. The Morgan fingerprint density at radius 1 is 1.11 bits per heavy atom. The van der Waals surface area contributed by atoms with Crippen LogP contribution in [0.1, 0.15) is 35.2 Å². The summed E-state index contributed by atoms with van der Waals surface area (Å²) in [5, 5.41) is 5.69. The number of hydrogen-bond acceptors (Lipinski definition) is 6. The van der Waals surface area contributed by atoms with E-state index in [2.05, 4.69) is 10.6 Å². The van der Waals surface area contributed by atoms with Crippen LogP contribution in [0.4, 0.5) is 5.69 Å². The fourth-order valence-corrected chi connectivity index (χ4v) is 4.66. The van der Waals surface area contributed by atoms with Crippen molar-refractivity contribution in [3.63, 3.8) is 0 Å². The van der Waals surface area contributed by atoms with E-state index in [-0.39, 0.29) is 55.4 Å². The molecular weight excluding hydrogens is 462 g/mol. The number of nitrogens with one attached hydrogen (secondary N) is 2. The highest BCUT2D eigenvalue weighted by Gasteiger charge is 2.39. The highest BCUT2D eigenvalue weighted by atomic mass is 16.5. The quantitative estimate of drug-likeness (QED) is 0.545. The van der Waals surface area contributed by atoms with Crippen molar-refractivity contribution in [2.45, 2.75) is 43.9 Å². The number of rotatable bonds is 8. The van der Waals surface area contributed by atoms with E-state index < -0.39 is 0 Å². The fourth-order valence-electron chi connectivity index (χ4n) is 4.66. The van der Waals surface area contributed by atoms with Gasteiger partial charge >= 0.3 is 0 Å². The molecule has 0 saturated carbocycles. The molecule has 0 spiro atoms. The summed E-state index contributed by atoms with van der Waals surface area (Å²) in [6.45, 7) is 1.18. The van der Waals surface area contributed by atoms with Crippen molar-refractivity contribution in [3.05, 3.63) is 59.7 Å². The summed E-state index contributed by atoms with van der Waals surface area (Å²) in [6, 6.07) is 14.4. The van der Waals surface area contributed by atoms with Crippen LogP contribution in [0.5, 0.6) is 5.75 Å². The van der Waals surface area contributed by atoms with E-state index in [1.165, 1.54) is 0 Å². The molecule has 2 aliphatic rings. The van der Waals surface area contributed by atoms with Crippen molar-refractivity contribution < 1.29 is 28.6 Å². The molecule has 192 valence electrons. The van der Waals surface area contributed by atoms with E-state index in [0.29, 0.717) is 43.0 Å². The van der Waals surface area contributed by atoms with Crippen LogP contribution in [0, 0.1) is 0 Å². The first-order valence-electron chi connectivity index (χ1n) is 12.2. The summed E-state index contributed by atoms with van der Waals surface area (Å²) in [5.41, 5.74) is 1.85. The van der Waals surface area contributed by atoms with Crippen LogP contribution in [-0.2, 0) is 25.5 Å². The van der Waals surface area contributed by atoms with Gasteiger partial charge in [-0.3, -0.25) is 14.4 Å². The number of nitrogens with zero attached hydrogens (tertiary/aromatic N) is 1. The Kier molecular flexibility index (Phi) is 8.56. The minimum atomic E-state index is -0.345. The first kappa shape index (κ1) is 25.7. The Labute approximate surface area is 211 Å². The molecule has 9 nitrogen and oxygen atoms in total. The summed E-state index contributed by atoms with van der Waals surface area (Å²) in [7, 11) is 3.35. The summed E-state index contributed by atoms with van der Waals surface area (Å²) < 4.78 is 17.2. The molecule has 36 heavy (non-hydrogen) atoms. The summed E-state index contributed by atoms with van der Waals surface area (Å²) in [4.78, 5) is 39.8. The number of benzene rings is 2. The molecule has 3 amide bonds. The highest BCUT2D eigenvalue weighted by molar-refractivity contribution is 6.00. The lowest BCUT2D eigenvalue weighted by Gasteiger charge is -2.42. The Bertz CT molecular complexity index is 1080. The van der Waals surface area contributed by atoms with Gasteiger partial charge in [-0.15, -0.1) is 0 Å². The zero-order valence-electron chi connectivity index (χ0n) is 20.7. The maximum absolute atomic E-state index is 13.4. The van der Waals surface area contributed by atoms with Crippen LogP contribution >= 0.6 is 0 Å². The van der Waals surface area contributed by atoms with Crippen molar-refractivity contribution >= 4 is 23.4 Å². The molecule has 9 heteroatoms. The third-order valence-electron chi connectivity index (χ3n) is 6.54. The molecule has 2 aliphatic heterocycles. The molecule has 2 aromatic carbocycles. The Morgan fingerprint density at radius 3 is 2.69 bits per heavy atom. The Morgan fingerprint density at radius 2 is 1.92 bits per heavy atom. The van der Waals surface area contributed by atoms with Crippen LogP contribution < -0.4 is 15.4 Å². The second kappa shape index (κ2) is 12.0. The Hall–Kier alpha value is -3.43. The highest BCUT2D eigenvalue weighted by Crippen LogP contribution is 2.32. The summed E-state index contributed by atoms with van der Waals surface area (Å²) in [5.74, 6) is -0.00162. The zero-order valence-corrected chi connectivity index (χ0v) is 20.7. The smallest absolute Gasteiger partial charge is 0.257 e. The van der Waals surface area contributed by atoms with E-state index >= 15 is 0 Å². The number of fused-ring (bicyclic) bond motifs is 2. The predicted octanol–water partition coefficient (Wildman–Crippen LogP) is 2.40. The van der Waals surface area contributed by atoms with Crippen molar-refractivity contribution in [3.8, 4) is 5.75 Å². The summed E-state index contributed by atoms with van der Waals surface area (Å²) in [6.07, 6.45) is 1.29. The maximum Gasteiger partial charge on any atom is 0.257 e. The van der Waals surface area contributed by atoms with Gasteiger partial charge in [0.2, 0.25) is 11.8 Å². The monoisotopic (exact) mass is 495 g/mol. The van der Waals surface area contributed by atoms with E-state index in [9.17, 15) is 14.4 Å². The van der Waals surface area contributed by atoms with Gasteiger partial charge in [0.1, 0.15) is 18.5 Å². The standard InChI is InChI=1S/C27H33N3O6/c1-30-22-10-9-20(16-25(31)28-12-13-34-2)36-24(22)17-35-23-11-8-19(15-21(23)27(30)33)29-26(32)14-18-6-4-3-5-7-18/h3-8,11,15,20,22,24H,9-10,12-14,16-17H2,1-2H3,(H,28,31)(H,29,32)/t20-,22-,24+/m1/s1. The molecule has 2 N–H and O–H groups in total. The number of anilines is 1. The van der Waals surface area contributed by atoms with E-state index in [1.807, 2.05) is 30.3 Å². The minimum absolute atomic E-state index is 0.0844. The van der Waals surface area contributed by atoms with Gasteiger partial charge in [0, 0.05) is 26.4 Å². The van der Waals surface area contributed by atoms with Gasteiger partial charge in [-0.05, 0) is 36.6 Å². The minimum Gasteiger partial charge on any atom is -0.490 e. The second-order valence-corrected chi connectivity index (χ2v) is 9.14. The normalized spacial score (nSPS) is 21.3. The molecule has 2 aromatic rings. The van der Waals surface area contributed by atoms with Gasteiger partial charge in [0.15, 0.2) is 0 Å². The van der Waals surface area contributed by atoms with E-state index in [1.54, 1.807) is 37.3 Å². The van der Waals surface area contributed by atoms with Crippen LogP contribution in [0.15, 0.2) is 48.5 Å². The number of ether oxygens (including phenoxy) is 3. The van der Waals surface area contributed by atoms with Crippen molar-refractivity contribution in [2.24, 2.45) is 0 Å². The molecule has 1 saturated heterocycles. The Balaban J connectivity index is 1.40. The summed E-state index contributed by atoms with van der Waals surface area (Å²) >= 11 is 0. The van der Waals surface area contributed by atoms with Crippen molar-refractivity contribution in [1.82, 2.24) is 10.2 Å². The molecule has 2 heterocycles. The SMILES string of the molecule is COCCNC(=O)C[C@H]1CC[C@@H]2[C@H](COc3ccc(NC(=O)Cc4ccccc4)cc3C(=O)N2C)O1. The third kappa shape index (κ3) is 6.41. The van der Waals surface area contributed by atoms with Gasteiger partial charge in [-0.1, -0.05) is 30.3 Å². The number of hydrogen-bond donors (Lipinski definition) is 2. The molecule has 0 radical (unpaired) electrons.